The number of aryl methyl sites for hydroxylation is 1. The number of benzene rings is 2. The van der Waals surface area contributed by atoms with Crippen LogP contribution in [0.1, 0.15) is 56.2 Å². The molecule has 2 amide bonds. The number of nitrogens with one attached hydrogen (secondary N) is 2. The maximum absolute atomic E-state index is 14.3. The summed E-state index contributed by atoms with van der Waals surface area (Å²) in [5.74, 6) is -1.60. The third-order valence-electron chi connectivity index (χ3n) is 6.71. The molecule has 2 aromatic carbocycles. The molecular weight excluding hydrogens is 483 g/mol. The number of hydrogen-bond donors (Lipinski definition) is 2. The van der Waals surface area contributed by atoms with Gasteiger partial charge in [0.15, 0.2) is 0 Å². The van der Waals surface area contributed by atoms with E-state index in [1.807, 2.05) is 19.1 Å². The van der Waals surface area contributed by atoms with Crippen LogP contribution in [0.25, 0.3) is 0 Å². The first kappa shape index (κ1) is 26.2. The van der Waals surface area contributed by atoms with E-state index < -0.39 is 34.0 Å². The van der Waals surface area contributed by atoms with Crippen LogP contribution in [0.15, 0.2) is 48.5 Å². The van der Waals surface area contributed by atoms with Gasteiger partial charge in [-0.05, 0) is 56.0 Å². The lowest BCUT2D eigenvalue weighted by Gasteiger charge is -2.35. The molecule has 0 aromatic heterocycles. The highest BCUT2D eigenvalue weighted by Gasteiger charge is 2.39. The summed E-state index contributed by atoms with van der Waals surface area (Å²) < 4.78 is 43.0. The van der Waals surface area contributed by atoms with E-state index in [1.165, 1.54) is 34.3 Å². The van der Waals surface area contributed by atoms with Crippen LogP contribution < -0.4 is 14.9 Å². The van der Waals surface area contributed by atoms with Crippen molar-refractivity contribution in [3.05, 3.63) is 65.5 Å². The molecule has 194 valence electrons. The molecule has 36 heavy (non-hydrogen) atoms. The van der Waals surface area contributed by atoms with Crippen LogP contribution in [0.4, 0.5) is 10.1 Å². The first-order valence-corrected chi connectivity index (χ1v) is 13.8. The molecule has 2 fully saturated rings. The van der Waals surface area contributed by atoms with Crippen LogP contribution in [-0.2, 0) is 19.8 Å². The van der Waals surface area contributed by atoms with Crippen molar-refractivity contribution in [2.75, 3.05) is 18.0 Å². The van der Waals surface area contributed by atoms with E-state index in [-0.39, 0.29) is 17.6 Å². The Labute approximate surface area is 212 Å². The first-order chi connectivity index (χ1) is 17.2. The predicted octanol–water partition coefficient (Wildman–Crippen LogP) is 3.20. The number of carbonyl (C=O) groups excluding carboxylic acids is 2. The Balaban J connectivity index is 1.75. The van der Waals surface area contributed by atoms with Gasteiger partial charge in [0.25, 0.3) is 10.2 Å². The molecule has 1 heterocycles. The Kier molecular flexibility index (Phi) is 8.07. The highest BCUT2D eigenvalue weighted by molar-refractivity contribution is 7.87. The molecule has 4 rings (SSSR count). The van der Waals surface area contributed by atoms with Gasteiger partial charge < -0.3 is 5.32 Å². The standard InChI is InChI=1S/C26H33FN4O4S/c1-18-9-6-7-14-23(18)24(25(32)28-21-11-4-3-5-12-21)31(22-13-8-10-20(27)17-22)26(33)19(2)29-36(34,35)30-15-16-30/h6-10,13-14,17,19,21,24,29H,3-5,11-12,15-16H2,1-2H3,(H,28,32)/t19-,24-/m1/s1. The van der Waals surface area contributed by atoms with Gasteiger partial charge in [0.05, 0.1) is 6.04 Å². The molecule has 1 aliphatic heterocycles. The molecule has 1 saturated heterocycles. The van der Waals surface area contributed by atoms with Gasteiger partial charge in [-0.15, -0.1) is 0 Å². The van der Waals surface area contributed by atoms with Crippen molar-refractivity contribution in [3.8, 4) is 0 Å². The summed E-state index contributed by atoms with van der Waals surface area (Å²) in [6, 6.07) is 10.4. The van der Waals surface area contributed by atoms with Crippen molar-refractivity contribution in [1.82, 2.24) is 14.3 Å². The fraction of sp³-hybridized carbons (Fsp3) is 0.462. The summed E-state index contributed by atoms with van der Waals surface area (Å²) in [7, 11) is -3.84. The fourth-order valence-electron chi connectivity index (χ4n) is 4.69. The molecule has 1 saturated carbocycles. The number of anilines is 1. The van der Waals surface area contributed by atoms with Gasteiger partial charge in [-0.3, -0.25) is 14.5 Å². The molecule has 2 aromatic rings. The Hall–Kier alpha value is -2.82. The average molecular weight is 517 g/mol. The minimum atomic E-state index is -3.84. The van der Waals surface area contributed by atoms with Gasteiger partial charge in [0.2, 0.25) is 11.8 Å². The van der Waals surface area contributed by atoms with Gasteiger partial charge in [0.1, 0.15) is 11.9 Å². The number of nitrogens with zero attached hydrogens (tertiary/aromatic N) is 2. The Morgan fingerprint density at radius 3 is 2.39 bits per heavy atom. The van der Waals surface area contributed by atoms with Gasteiger partial charge in [-0.1, -0.05) is 49.6 Å². The molecule has 2 aliphatic rings. The lowest BCUT2D eigenvalue weighted by Crippen LogP contribution is -2.53. The van der Waals surface area contributed by atoms with Crippen molar-refractivity contribution >= 4 is 27.7 Å². The summed E-state index contributed by atoms with van der Waals surface area (Å²) >= 11 is 0. The zero-order valence-electron chi connectivity index (χ0n) is 20.6. The second-order valence-electron chi connectivity index (χ2n) is 9.53. The quantitative estimate of drug-likeness (QED) is 0.500. The fourth-order valence-corrected chi connectivity index (χ4v) is 5.94. The van der Waals surface area contributed by atoms with E-state index >= 15 is 0 Å². The third-order valence-corrected chi connectivity index (χ3v) is 8.40. The van der Waals surface area contributed by atoms with Crippen LogP contribution >= 0.6 is 0 Å². The van der Waals surface area contributed by atoms with Gasteiger partial charge >= 0.3 is 0 Å². The Morgan fingerprint density at radius 2 is 1.75 bits per heavy atom. The van der Waals surface area contributed by atoms with Crippen molar-refractivity contribution in [2.24, 2.45) is 0 Å². The van der Waals surface area contributed by atoms with E-state index in [0.717, 1.165) is 37.7 Å². The van der Waals surface area contributed by atoms with E-state index in [0.29, 0.717) is 18.7 Å². The summed E-state index contributed by atoms with van der Waals surface area (Å²) in [5, 5.41) is 3.11. The summed E-state index contributed by atoms with van der Waals surface area (Å²) in [6.07, 6.45) is 4.86. The molecule has 0 bridgehead atoms. The topological polar surface area (TPSA) is 98.6 Å². The zero-order chi connectivity index (χ0) is 25.9. The zero-order valence-corrected chi connectivity index (χ0v) is 21.4. The molecule has 10 heteroatoms. The van der Waals surface area contributed by atoms with Crippen LogP contribution in [0.2, 0.25) is 0 Å². The largest absolute Gasteiger partial charge is 0.351 e. The van der Waals surface area contributed by atoms with E-state index in [4.69, 9.17) is 0 Å². The molecule has 2 atom stereocenters. The van der Waals surface area contributed by atoms with Crippen LogP contribution in [0.5, 0.6) is 0 Å². The van der Waals surface area contributed by atoms with Crippen LogP contribution in [0, 0.1) is 12.7 Å². The van der Waals surface area contributed by atoms with Crippen molar-refractivity contribution in [3.63, 3.8) is 0 Å². The maximum atomic E-state index is 14.3. The third kappa shape index (κ3) is 6.11. The van der Waals surface area contributed by atoms with Crippen molar-refractivity contribution in [1.29, 1.82) is 0 Å². The highest BCUT2D eigenvalue weighted by atomic mass is 32.2. The first-order valence-electron chi connectivity index (χ1n) is 12.4. The molecular formula is C26H33FN4O4S. The number of halogens is 1. The van der Waals surface area contributed by atoms with Crippen molar-refractivity contribution in [2.45, 2.75) is 64.1 Å². The molecule has 2 N–H and O–H groups in total. The molecule has 8 nitrogen and oxygen atoms in total. The second-order valence-corrected chi connectivity index (χ2v) is 11.2. The van der Waals surface area contributed by atoms with Crippen LogP contribution in [-0.4, -0.2) is 49.7 Å². The van der Waals surface area contributed by atoms with Gasteiger partial charge in [0, 0.05) is 24.8 Å². The Morgan fingerprint density at radius 1 is 1.06 bits per heavy atom. The summed E-state index contributed by atoms with van der Waals surface area (Å²) in [4.78, 5) is 28.9. The predicted molar refractivity (Wildman–Crippen MR) is 136 cm³/mol. The smallest absolute Gasteiger partial charge is 0.280 e. The minimum absolute atomic E-state index is 0.0131. The normalized spacial score (nSPS) is 18.3. The van der Waals surface area contributed by atoms with Gasteiger partial charge in [-0.25, -0.2) is 4.39 Å². The summed E-state index contributed by atoms with van der Waals surface area (Å²) in [5.41, 5.74) is 1.54. The second kappa shape index (κ2) is 11.1. The lowest BCUT2D eigenvalue weighted by molar-refractivity contribution is -0.127. The van der Waals surface area contributed by atoms with Crippen LogP contribution in [0.3, 0.4) is 0 Å². The van der Waals surface area contributed by atoms with Crippen molar-refractivity contribution < 1.29 is 22.4 Å². The number of carbonyl (C=O) groups is 2. The number of rotatable bonds is 9. The number of amides is 2. The Bertz CT molecular complexity index is 1210. The lowest BCUT2D eigenvalue weighted by atomic mass is 9.93. The monoisotopic (exact) mass is 516 g/mol. The molecule has 0 radical (unpaired) electrons. The molecule has 1 aliphatic carbocycles. The SMILES string of the molecule is Cc1ccccc1[C@H](C(=O)NC1CCCCC1)N(C(=O)[C@@H](C)NS(=O)(=O)N1CC1)c1cccc(F)c1. The minimum Gasteiger partial charge on any atom is -0.351 e. The van der Waals surface area contributed by atoms with E-state index in [1.54, 1.807) is 18.2 Å². The maximum Gasteiger partial charge on any atom is 0.280 e. The molecule has 0 unspecified atom stereocenters. The average Bonchev–Trinajstić information content (AvgIpc) is 3.69. The van der Waals surface area contributed by atoms with Gasteiger partial charge in [-0.2, -0.15) is 17.4 Å². The molecule has 0 spiro atoms. The van der Waals surface area contributed by atoms with E-state index in [9.17, 15) is 22.4 Å². The van der Waals surface area contributed by atoms with E-state index in [2.05, 4.69) is 10.0 Å². The highest BCUT2D eigenvalue weighted by Crippen LogP contribution is 2.32. The summed E-state index contributed by atoms with van der Waals surface area (Å²) in [6.45, 7) is 4.06. The number of hydrogen-bond acceptors (Lipinski definition) is 4.